The number of carbonyl (C=O) groups excluding carboxylic acids is 1. The Balaban J connectivity index is 1.89. The van der Waals surface area contributed by atoms with E-state index in [9.17, 15) is 4.79 Å². The fraction of sp³-hybridized carbons (Fsp3) is 0.682. The summed E-state index contributed by atoms with van der Waals surface area (Å²) in [5, 5.41) is 0. The Morgan fingerprint density at radius 3 is 2.37 bits per heavy atom. The SMILES string of the molecule is CCCC[N+](C)(C)CCSc1ccc(C(=O)C(C)(C)N2CCOCC2)cc1. The van der Waals surface area contributed by atoms with E-state index in [-0.39, 0.29) is 5.78 Å². The van der Waals surface area contributed by atoms with Crippen LogP contribution in [0.1, 0.15) is 44.0 Å². The highest BCUT2D eigenvalue weighted by Gasteiger charge is 2.35. The highest BCUT2D eigenvalue weighted by molar-refractivity contribution is 7.99. The third-order valence-corrected chi connectivity index (χ3v) is 6.55. The number of carbonyl (C=O) groups is 1. The zero-order valence-electron chi connectivity index (χ0n) is 17.8. The van der Waals surface area contributed by atoms with Crippen LogP contribution < -0.4 is 0 Å². The minimum atomic E-state index is -0.487. The van der Waals surface area contributed by atoms with Crippen LogP contribution in [-0.2, 0) is 4.74 Å². The molecule has 0 atom stereocenters. The van der Waals surface area contributed by atoms with E-state index in [1.54, 1.807) is 0 Å². The summed E-state index contributed by atoms with van der Waals surface area (Å²) in [6, 6.07) is 8.17. The molecule has 0 spiro atoms. The van der Waals surface area contributed by atoms with Gasteiger partial charge in [-0.25, -0.2) is 0 Å². The van der Waals surface area contributed by atoms with E-state index in [0.29, 0.717) is 13.2 Å². The predicted octanol–water partition coefficient (Wildman–Crippen LogP) is 3.95. The zero-order valence-corrected chi connectivity index (χ0v) is 18.6. The van der Waals surface area contributed by atoms with E-state index in [1.807, 2.05) is 37.7 Å². The van der Waals surface area contributed by atoms with Gasteiger partial charge in [-0.1, -0.05) is 25.5 Å². The van der Waals surface area contributed by atoms with Gasteiger partial charge in [-0.3, -0.25) is 9.69 Å². The molecule has 2 rings (SSSR count). The third kappa shape index (κ3) is 6.60. The van der Waals surface area contributed by atoms with Crippen molar-refractivity contribution in [2.75, 3.05) is 59.2 Å². The number of nitrogens with zero attached hydrogens (tertiary/aromatic N) is 2. The Kier molecular flexibility index (Phi) is 8.35. The van der Waals surface area contributed by atoms with Gasteiger partial charge in [0.2, 0.25) is 0 Å². The maximum Gasteiger partial charge on any atom is 0.182 e. The van der Waals surface area contributed by atoms with Gasteiger partial charge in [0.15, 0.2) is 5.78 Å². The van der Waals surface area contributed by atoms with E-state index < -0.39 is 5.54 Å². The van der Waals surface area contributed by atoms with Gasteiger partial charge >= 0.3 is 0 Å². The highest BCUT2D eigenvalue weighted by atomic mass is 32.2. The molecule has 0 aliphatic carbocycles. The molecular formula is C22H37N2O2S+. The standard InChI is InChI=1S/C22H37N2O2S/c1-6-7-14-24(4,5)15-18-27-20-10-8-19(9-11-20)21(25)22(2,3)23-12-16-26-17-13-23/h8-11H,6-7,12-18H2,1-5H3/q+1. The van der Waals surface area contributed by atoms with Crippen LogP contribution in [0.2, 0.25) is 0 Å². The summed E-state index contributed by atoms with van der Waals surface area (Å²) >= 11 is 1.88. The molecule has 0 N–H and O–H groups in total. The van der Waals surface area contributed by atoms with Crippen molar-refractivity contribution >= 4 is 17.5 Å². The molecular weight excluding hydrogens is 356 g/mol. The maximum absolute atomic E-state index is 13.0. The molecule has 27 heavy (non-hydrogen) atoms. The smallest absolute Gasteiger partial charge is 0.182 e. The Hall–Kier alpha value is -0.880. The van der Waals surface area contributed by atoms with Crippen molar-refractivity contribution in [1.82, 2.24) is 4.90 Å². The summed E-state index contributed by atoms with van der Waals surface area (Å²) in [6.07, 6.45) is 2.54. The first-order valence-corrected chi connectivity index (χ1v) is 11.2. The largest absolute Gasteiger partial charge is 0.379 e. The summed E-state index contributed by atoms with van der Waals surface area (Å²) in [7, 11) is 4.62. The molecule has 1 aromatic rings. The molecule has 0 aromatic heterocycles. The molecule has 0 saturated carbocycles. The second kappa shape index (κ2) is 10.1. The van der Waals surface area contributed by atoms with Crippen molar-refractivity contribution in [3.05, 3.63) is 29.8 Å². The van der Waals surface area contributed by atoms with Crippen molar-refractivity contribution in [3.8, 4) is 0 Å². The number of rotatable bonds is 10. The van der Waals surface area contributed by atoms with E-state index in [4.69, 9.17) is 4.74 Å². The van der Waals surface area contributed by atoms with Crippen molar-refractivity contribution in [3.63, 3.8) is 0 Å². The molecule has 1 saturated heterocycles. The number of hydrogen-bond acceptors (Lipinski definition) is 4. The van der Waals surface area contributed by atoms with Gasteiger partial charge < -0.3 is 9.22 Å². The molecule has 5 heteroatoms. The van der Waals surface area contributed by atoms with Gasteiger partial charge in [0.1, 0.15) is 0 Å². The summed E-state index contributed by atoms with van der Waals surface area (Å²) in [4.78, 5) is 16.5. The predicted molar refractivity (Wildman–Crippen MR) is 115 cm³/mol. The fourth-order valence-corrected chi connectivity index (χ4v) is 4.58. The number of thioether (sulfide) groups is 1. The topological polar surface area (TPSA) is 29.5 Å². The molecule has 1 aliphatic rings. The lowest BCUT2D eigenvalue weighted by molar-refractivity contribution is -0.888. The molecule has 1 fully saturated rings. The lowest BCUT2D eigenvalue weighted by atomic mass is 9.91. The Labute approximate surface area is 169 Å². The van der Waals surface area contributed by atoms with Crippen molar-refractivity contribution in [2.45, 2.75) is 44.0 Å². The van der Waals surface area contributed by atoms with Crippen LogP contribution in [0.5, 0.6) is 0 Å². The average molecular weight is 394 g/mol. The molecule has 4 nitrogen and oxygen atoms in total. The lowest BCUT2D eigenvalue weighted by Crippen LogP contribution is -2.54. The van der Waals surface area contributed by atoms with Crippen LogP contribution in [0.15, 0.2) is 29.2 Å². The Morgan fingerprint density at radius 2 is 1.78 bits per heavy atom. The van der Waals surface area contributed by atoms with Gasteiger partial charge in [0.05, 0.1) is 45.9 Å². The van der Waals surface area contributed by atoms with Crippen LogP contribution >= 0.6 is 11.8 Å². The Bertz CT molecular complexity index is 593. The summed E-state index contributed by atoms with van der Waals surface area (Å²) < 4.78 is 6.50. The molecule has 0 unspecified atom stereocenters. The van der Waals surface area contributed by atoms with E-state index >= 15 is 0 Å². The van der Waals surface area contributed by atoms with Crippen LogP contribution in [-0.4, -0.2) is 79.9 Å². The molecule has 0 amide bonds. The monoisotopic (exact) mass is 393 g/mol. The molecule has 152 valence electrons. The van der Waals surface area contributed by atoms with E-state index in [0.717, 1.165) is 35.4 Å². The van der Waals surface area contributed by atoms with Crippen molar-refractivity contribution in [2.24, 2.45) is 0 Å². The van der Waals surface area contributed by atoms with E-state index in [1.165, 1.54) is 24.3 Å². The number of hydrogen-bond donors (Lipinski definition) is 0. The van der Waals surface area contributed by atoms with Gasteiger partial charge in [-0.2, -0.15) is 0 Å². The van der Waals surface area contributed by atoms with Gasteiger partial charge in [0, 0.05) is 29.3 Å². The van der Waals surface area contributed by atoms with E-state index in [2.05, 4.69) is 38.1 Å². The lowest BCUT2D eigenvalue weighted by Gasteiger charge is -2.39. The van der Waals surface area contributed by atoms with Gasteiger partial charge in [-0.05, 0) is 32.4 Å². The van der Waals surface area contributed by atoms with Gasteiger partial charge in [0.25, 0.3) is 0 Å². The number of unbranched alkanes of at least 4 members (excludes halogenated alkanes) is 1. The number of Topliss-reactive ketones (excluding diaryl/α,β-unsaturated/α-hetero) is 1. The first-order valence-electron chi connectivity index (χ1n) is 10.2. The number of benzene rings is 1. The first-order chi connectivity index (χ1) is 12.8. The molecule has 1 aromatic carbocycles. The molecule has 0 radical (unpaired) electrons. The maximum atomic E-state index is 13.0. The number of ketones is 1. The van der Waals surface area contributed by atoms with Crippen LogP contribution in [0.25, 0.3) is 0 Å². The minimum absolute atomic E-state index is 0.193. The number of quaternary nitrogens is 1. The number of ether oxygens (including phenoxy) is 1. The first kappa shape index (κ1) is 22.4. The van der Waals surface area contributed by atoms with Crippen LogP contribution in [0.3, 0.4) is 0 Å². The second-order valence-corrected chi connectivity index (χ2v) is 9.77. The van der Waals surface area contributed by atoms with Crippen LogP contribution in [0.4, 0.5) is 0 Å². The van der Waals surface area contributed by atoms with Crippen molar-refractivity contribution in [1.29, 1.82) is 0 Å². The van der Waals surface area contributed by atoms with Crippen molar-refractivity contribution < 1.29 is 14.0 Å². The van der Waals surface area contributed by atoms with Crippen LogP contribution in [0, 0.1) is 0 Å². The quantitative estimate of drug-likeness (QED) is 0.342. The third-order valence-electron chi connectivity index (χ3n) is 5.56. The zero-order chi connectivity index (χ0) is 19.9. The summed E-state index contributed by atoms with van der Waals surface area (Å²) in [6.45, 7) is 11.8. The Morgan fingerprint density at radius 1 is 1.15 bits per heavy atom. The fourth-order valence-electron chi connectivity index (χ4n) is 3.43. The second-order valence-electron chi connectivity index (χ2n) is 8.60. The average Bonchev–Trinajstić information content (AvgIpc) is 2.67. The van der Waals surface area contributed by atoms with Gasteiger partial charge in [-0.15, -0.1) is 11.8 Å². The minimum Gasteiger partial charge on any atom is -0.379 e. The molecule has 1 aliphatic heterocycles. The molecule has 0 bridgehead atoms. The number of morpholine rings is 1. The summed E-state index contributed by atoms with van der Waals surface area (Å²) in [5.74, 6) is 1.29. The summed E-state index contributed by atoms with van der Waals surface area (Å²) in [5.41, 5.74) is 0.314. The molecule has 1 heterocycles. The normalized spacial score (nSPS) is 16.5. The highest BCUT2D eigenvalue weighted by Crippen LogP contribution is 2.24.